The number of benzene rings is 1. The third kappa shape index (κ3) is 2.39. The van der Waals surface area contributed by atoms with Gasteiger partial charge in [0.25, 0.3) is 0 Å². The predicted molar refractivity (Wildman–Crippen MR) is 74.2 cm³/mol. The van der Waals surface area contributed by atoms with E-state index >= 15 is 0 Å². The maximum Gasteiger partial charge on any atom is 0.123 e. The highest BCUT2D eigenvalue weighted by Crippen LogP contribution is 2.31. The molecule has 1 N–H and O–H groups in total. The molecule has 0 aromatic heterocycles. The van der Waals surface area contributed by atoms with Gasteiger partial charge in [0, 0.05) is 18.5 Å². The van der Waals surface area contributed by atoms with Crippen LogP contribution >= 0.6 is 0 Å². The van der Waals surface area contributed by atoms with Crippen LogP contribution in [0.5, 0.6) is 5.75 Å². The van der Waals surface area contributed by atoms with E-state index in [2.05, 4.69) is 37.4 Å². The average molecular weight is 245 g/mol. The van der Waals surface area contributed by atoms with Crippen molar-refractivity contribution in [3.8, 4) is 5.75 Å². The Morgan fingerprint density at radius 3 is 2.83 bits per heavy atom. The molecule has 1 fully saturated rings. The quantitative estimate of drug-likeness (QED) is 0.864. The van der Waals surface area contributed by atoms with Crippen LogP contribution in [0.15, 0.2) is 18.2 Å². The molecule has 0 bridgehead atoms. The number of aryl methyl sites for hydroxylation is 1. The van der Waals surface area contributed by atoms with E-state index in [0.29, 0.717) is 6.10 Å². The second kappa shape index (κ2) is 4.58. The van der Waals surface area contributed by atoms with Crippen LogP contribution in [0.4, 0.5) is 0 Å². The molecule has 1 heterocycles. The molecule has 1 saturated heterocycles. The molecule has 1 aliphatic carbocycles. The highest BCUT2D eigenvalue weighted by molar-refractivity contribution is 5.41. The highest BCUT2D eigenvalue weighted by atomic mass is 16.5. The first-order chi connectivity index (χ1) is 8.64. The van der Waals surface area contributed by atoms with Gasteiger partial charge in [-0.15, -0.1) is 0 Å². The van der Waals surface area contributed by atoms with E-state index in [1.54, 1.807) is 0 Å². The molecule has 2 heteroatoms. The van der Waals surface area contributed by atoms with Crippen molar-refractivity contribution >= 4 is 0 Å². The van der Waals surface area contributed by atoms with Crippen molar-refractivity contribution in [3.05, 3.63) is 29.3 Å². The first-order valence-electron chi connectivity index (χ1n) is 7.16. The minimum Gasteiger partial charge on any atom is -0.489 e. The summed E-state index contributed by atoms with van der Waals surface area (Å²) in [6.45, 7) is 5.46. The molecule has 98 valence electrons. The fourth-order valence-electron chi connectivity index (χ4n) is 3.22. The van der Waals surface area contributed by atoms with Crippen LogP contribution in [0.25, 0.3) is 0 Å². The van der Waals surface area contributed by atoms with Crippen LogP contribution in [0, 0.1) is 0 Å². The Morgan fingerprint density at radius 2 is 2.06 bits per heavy atom. The molecule has 1 aromatic carbocycles. The summed E-state index contributed by atoms with van der Waals surface area (Å²) in [5, 5.41) is 3.52. The Kier molecular flexibility index (Phi) is 3.06. The lowest BCUT2D eigenvalue weighted by molar-refractivity contribution is 0.211. The fourth-order valence-corrected chi connectivity index (χ4v) is 3.22. The maximum absolute atomic E-state index is 6.25. The maximum atomic E-state index is 6.25. The monoisotopic (exact) mass is 245 g/mol. The van der Waals surface area contributed by atoms with Gasteiger partial charge in [-0.05, 0) is 56.7 Å². The highest BCUT2D eigenvalue weighted by Gasteiger charge is 2.32. The van der Waals surface area contributed by atoms with E-state index in [-0.39, 0.29) is 5.54 Å². The molecule has 1 unspecified atom stereocenters. The van der Waals surface area contributed by atoms with Crippen LogP contribution < -0.4 is 10.1 Å². The number of rotatable bonds is 2. The fraction of sp³-hybridized carbons (Fsp3) is 0.625. The molecule has 0 radical (unpaired) electrons. The van der Waals surface area contributed by atoms with Crippen molar-refractivity contribution < 1.29 is 4.74 Å². The smallest absolute Gasteiger partial charge is 0.123 e. The van der Waals surface area contributed by atoms with E-state index in [1.807, 2.05) is 0 Å². The summed E-state index contributed by atoms with van der Waals surface area (Å²) in [5.74, 6) is 1.14. The van der Waals surface area contributed by atoms with Crippen molar-refractivity contribution in [2.75, 3.05) is 6.54 Å². The van der Waals surface area contributed by atoms with E-state index < -0.39 is 0 Å². The van der Waals surface area contributed by atoms with Gasteiger partial charge >= 0.3 is 0 Å². The van der Waals surface area contributed by atoms with Crippen LogP contribution in [0.1, 0.15) is 44.2 Å². The van der Waals surface area contributed by atoms with E-state index in [9.17, 15) is 0 Å². The van der Waals surface area contributed by atoms with Gasteiger partial charge in [-0.3, -0.25) is 0 Å². The zero-order valence-corrected chi connectivity index (χ0v) is 11.5. The Hall–Kier alpha value is -1.02. The minimum atomic E-state index is 0.222. The van der Waals surface area contributed by atoms with Gasteiger partial charge in [0.05, 0.1) is 0 Å². The summed E-state index contributed by atoms with van der Waals surface area (Å²) >= 11 is 0. The number of fused-ring (bicyclic) bond motifs is 1. The lowest BCUT2D eigenvalue weighted by Crippen LogP contribution is -2.31. The number of ether oxygens (including phenoxy) is 1. The second-order valence-electron chi connectivity index (χ2n) is 6.31. The SMILES string of the molecule is CC1(C)CC(Oc2cccc3c2CCCC3)CN1. The molecule has 1 atom stereocenters. The van der Waals surface area contributed by atoms with Crippen molar-refractivity contribution in [2.24, 2.45) is 0 Å². The first kappa shape index (κ1) is 12.0. The van der Waals surface area contributed by atoms with Gasteiger partial charge < -0.3 is 10.1 Å². The van der Waals surface area contributed by atoms with Crippen LogP contribution in [-0.4, -0.2) is 18.2 Å². The molecule has 0 spiro atoms. The zero-order valence-electron chi connectivity index (χ0n) is 11.5. The molecule has 1 aromatic rings. The number of nitrogens with one attached hydrogen (secondary N) is 1. The Balaban J connectivity index is 1.77. The third-order valence-corrected chi connectivity index (χ3v) is 4.19. The number of hydrogen-bond donors (Lipinski definition) is 1. The molecule has 2 aliphatic rings. The molecule has 0 saturated carbocycles. The minimum absolute atomic E-state index is 0.222. The molecule has 1 aliphatic heterocycles. The Morgan fingerprint density at radius 1 is 1.22 bits per heavy atom. The second-order valence-corrected chi connectivity index (χ2v) is 6.31. The summed E-state index contributed by atoms with van der Waals surface area (Å²) in [6, 6.07) is 6.56. The van der Waals surface area contributed by atoms with Crippen molar-refractivity contribution in [3.63, 3.8) is 0 Å². The van der Waals surface area contributed by atoms with Gasteiger partial charge in [0.1, 0.15) is 11.9 Å². The van der Waals surface area contributed by atoms with Gasteiger partial charge in [-0.25, -0.2) is 0 Å². The molecule has 3 rings (SSSR count). The molecule has 18 heavy (non-hydrogen) atoms. The van der Waals surface area contributed by atoms with Crippen molar-refractivity contribution in [1.29, 1.82) is 0 Å². The summed E-state index contributed by atoms with van der Waals surface area (Å²) in [7, 11) is 0. The van der Waals surface area contributed by atoms with E-state index in [4.69, 9.17) is 4.74 Å². The lowest BCUT2D eigenvalue weighted by atomic mass is 9.91. The molecular weight excluding hydrogens is 222 g/mol. The summed E-state index contributed by atoms with van der Waals surface area (Å²) in [5.41, 5.74) is 3.19. The van der Waals surface area contributed by atoms with Gasteiger partial charge in [0.2, 0.25) is 0 Å². The van der Waals surface area contributed by atoms with Gasteiger partial charge in [-0.2, -0.15) is 0 Å². The zero-order chi connectivity index (χ0) is 12.6. The van der Waals surface area contributed by atoms with Crippen molar-refractivity contribution in [2.45, 2.75) is 57.6 Å². The molecule has 0 amide bonds. The first-order valence-corrected chi connectivity index (χ1v) is 7.16. The lowest BCUT2D eigenvalue weighted by Gasteiger charge is -2.22. The summed E-state index contributed by atoms with van der Waals surface area (Å²) in [6.07, 6.45) is 6.47. The Bertz CT molecular complexity index is 439. The average Bonchev–Trinajstić information content (AvgIpc) is 2.69. The Labute approximate surface area is 110 Å². The summed E-state index contributed by atoms with van der Waals surface area (Å²) in [4.78, 5) is 0. The molecule has 2 nitrogen and oxygen atoms in total. The van der Waals surface area contributed by atoms with Crippen LogP contribution in [0.2, 0.25) is 0 Å². The van der Waals surface area contributed by atoms with Crippen LogP contribution in [-0.2, 0) is 12.8 Å². The standard InChI is InChI=1S/C16H23NO/c1-16(2)10-13(11-17-16)18-15-9-5-7-12-6-3-4-8-14(12)15/h5,7,9,13,17H,3-4,6,8,10-11H2,1-2H3. The van der Waals surface area contributed by atoms with E-state index in [1.165, 1.54) is 36.8 Å². The topological polar surface area (TPSA) is 21.3 Å². The van der Waals surface area contributed by atoms with Crippen LogP contribution in [0.3, 0.4) is 0 Å². The molecular formula is C16H23NO. The number of hydrogen-bond acceptors (Lipinski definition) is 2. The van der Waals surface area contributed by atoms with Gasteiger partial charge in [0.15, 0.2) is 0 Å². The third-order valence-electron chi connectivity index (χ3n) is 4.19. The van der Waals surface area contributed by atoms with Gasteiger partial charge in [-0.1, -0.05) is 12.1 Å². The summed E-state index contributed by atoms with van der Waals surface area (Å²) < 4.78 is 6.25. The predicted octanol–water partition coefficient (Wildman–Crippen LogP) is 3.08. The van der Waals surface area contributed by atoms with E-state index in [0.717, 1.165) is 18.7 Å². The largest absolute Gasteiger partial charge is 0.489 e. The van der Waals surface area contributed by atoms with Crippen molar-refractivity contribution in [1.82, 2.24) is 5.32 Å². The normalized spacial score (nSPS) is 25.8.